The molecular weight excluding hydrogens is 271 g/mol. The number of hydrogen-bond donors (Lipinski definition) is 1. The van der Waals surface area contributed by atoms with Crippen molar-refractivity contribution in [1.29, 1.82) is 0 Å². The highest BCUT2D eigenvalue weighted by Gasteiger charge is 2.18. The average Bonchev–Trinajstić information content (AvgIpc) is 2.54. The van der Waals surface area contributed by atoms with Crippen molar-refractivity contribution in [2.75, 3.05) is 21.3 Å². The highest BCUT2D eigenvalue weighted by Crippen LogP contribution is 2.28. The Kier molecular flexibility index (Phi) is 5.11. The normalized spacial score (nSPS) is 12.0. The molecule has 1 atom stereocenters. The molecule has 1 aromatic carbocycles. The zero-order valence-electron chi connectivity index (χ0n) is 12.4. The van der Waals surface area contributed by atoms with Crippen LogP contribution in [0, 0.1) is 5.82 Å². The SMILES string of the molecule is CNC(Cc1cccc(OC)c1F)c1cccnc1OC. The van der Waals surface area contributed by atoms with Crippen molar-refractivity contribution >= 4 is 0 Å². The summed E-state index contributed by atoms with van der Waals surface area (Å²) in [7, 11) is 4.86. The van der Waals surface area contributed by atoms with Gasteiger partial charge in [-0.1, -0.05) is 18.2 Å². The van der Waals surface area contributed by atoms with Gasteiger partial charge in [-0.05, 0) is 31.2 Å². The minimum Gasteiger partial charge on any atom is -0.494 e. The van der Waals surface area contributed by atoms with E-state index in [1.165, 1.54) is 7.11 Å². The summed E-state index contributed by atoms with van der Waals surface area (Å²) in [5.41, 5.74) is 1.48. The number of rotatable bonds is 6. The van der Waals surface area contributed by atoms with Crippen molar-refractivity contribution in [3.05, 3.63) is 53.5 Å². The van der Waals surface area contributed by atoms with Gasteiger partial charge in [-0.2, -0.15) is 0 Å². The van der Waals surface area contributed by atoms with Crippen LogP contribution >= 0.6 is 0 Å². The molecule has 1 aromatic heterocycles. The first-order chi connectivity index (χ1) is 10.2. The molecule has 1 heterocycles. The van der Waals surface area contributed by atoms with Crippen molar-refractivity contribution in [3.8, 4) is 11.6 Å². The predicted molar refractivity (Wildman–Crippen MR) is 79.2 cm³/mol. The maximum Gasteiger partial charge on any atom is 0.217 e. The number of aromatic nitrogens is 1. The number of methoxy groups -OCH3 is 2. The van der Waals surface area contributed by atoms with E-state index in [1.807, 2.05) is 19.2 Å². The maximum atomic E-state index is 14.3. The molecule has 0 aliphatic carbocycles. The summed E-state index contributed by atoms with van der Waals surface area (Å²) in [4.78, 5) is 4.18. The van der Waals surface area contributed by atoms with Crippen molar-refractivity contribution in [1.82, 2.24) is 10.3 Å². The second kappa shape index (κ2) is 7.04. The van der Waals surface area contributed by atoms with E-state index in [4.69, 9.17) is 9.47 Å². The van der Waals surface area contributed by atoms with Gasteiger partial charge in [-0.3, -0.25) is 0 Å². The fraction of sp³-hybridized carbons (Fsp3) is 0.312. The van der Waals surface area contributed by atoms with E-state index in [1.54, 1.807) is 31.5 Å². The average molecular weight is 290 g/mol. The molecule has 0 amide bonds. The zero-order valence-corrected chi connectivity index (χ0v) is 12.4. The lowest BCUT2D eigenvalue weighted by molar-refractivity contribution is 0.378. The highest BCUT2D eigenvalue weighted by atomic mass is 19.1. The summed E-state index contributed by atoms with van der Waals surface area (Å²) in [5.74, 6) is 0.462. The molecule has 1 N–H and O–H groups in total. The van der Waals surface area contributed by atoms with Crippen LogP contribution in [0.1, 0.15) is 17.2 Å². The molecule has 2 rings (SSSR count). The van der Waals surface area contributed by atoms with Gasteiger partial charge in [0.25, 0.3) is 0 Å². The van der Waals surface area contributed by atoms with E-state index in [9.17, 15) is 4.39 Å². The predicted octanol–water partition coefficient (Wildman–Crippen LogP) is 2.74. The van der Waals surface area contributed by atoms with Gasteiger partial charge in [0, 0.05) is 17.8 Å². The quantitative estimate of drug-likeness (QED) is 0.888. The van der Waals surface area contributed by atoms with Crippen molar-refractivity contribution in [2.45, 2.75) is 12.5 Å². The summed E-state index contributed by atoms with van der Waals surface area (Å²) in [6.07, 6.45) is 2.14. The van der Waals surface area contributed by atoms with Crippen LogP contribution in [-0.2, 0) is 6.42 Å². The van der Waals surface area contributed by atoms with Crippen LogP contribution in [0.5, 0.6) is 11.6 Å². The number of nitrogens with zero attached hydrogens (tertiary/aromatic N) is 1. The third-order valence-corrected chi connectivity index (χ3v) is 3.41. The van der Waals surface area contributed by atoms with E-state index < -0.39 is 0 Å². The number of nitrogens with one attached hydrogen (secondary N) is 1. The van der Waals surface area contributed by atoms with Crippen LogP contribution in [0.4, 0.5) is 4.39 Å². The third kappa shape index (κ3) is 3.31. The Hall–Kier alpha value is -2.14. The number of likely N-dealkylation sites (N-methyl/N-ethyl adjacent to an activating group) is 1. The third-order valence-electron chi connectivity index (χ3n) is 3.41. The fourth-order valence-electron chi connectivity index (χ4n) is 2.30. The molecule has 21 heavy (non-hydrogen) atoms. The molecular formula is C16H19FN2O2. The van der Waals surface area contributed by atoms with E-state index >= 15 is 0 Å². The first-order valence-electron chi connectivity index (χ1n) is 6.68. The monoisotopic (exact) mass is 290 g/mol. The van der Waals surface area contributed by atoms with Gasteiger partial charge in [-0.25, -0.2) is 9.37 Å². The summed E-state index contributed by atoms with van der Waals surface area (Å²) in [6.45, 7) is 0. The number of ether oxygens (including phenoxy) is 2. The zero-order chi connectivity index (χ0) is 15.2. The van der Waals surface area contributed by atoms with Gasteiger partial charge < -0.3 is 14.8 Å². The Morgan fingerprint density at radius 2 is 2.00 bits per heavy atom. The number of halogens is 1. The van der Waals surface area contributed by atoms with E-state index in [0.29, 0.717) is 17.9 Å². The first kappa shape index (κ1) is 15.3. The Balaban J connectivity index is 2.31. The lowest BCUT2D eigenvalue weighted by Gasteiger charge is -2.19. The van der Waals surface area contributed by atoms with Crippen LogP contribution in [-0.4, -0.2) is 26.3 Å². The van der Waals surface area contributed by atoms with Crippen molar-refractivity contribution in [2.24, 2.45) is 0 Å². The van der Waals surface area contributed by atoms with E-state index in [2.05, 4.69) is 10.3 Å². The molecule has 0 aliphatic rings. The molecule has 0 spiro atoms. The Labute approximate surface area is 123 Å². The van der Waals surface area contributed by atoms with Crippen LogP contribution in [0.25, 0.3) is 0 Å². The smallest absolute Gasteiger partial charge is 0.217 e. The lowest BCUT2D eigenvalue weighted by Crippen LogP contribution is -2.20. The van der Waals surface area contributed by atoms with Gasteiger partial charge in [0.2, 0.25) is 5.88 Å². The van der Waals surface area contributed by atoms with Gasteiger partial charge in [0.05, 0.1) is 14.2 Å². The molecule has 0 fully saturated rings. The van der Waals surface area contributed by atoms with Crippen molar-refractivity contribution in [3.63, 3.8) is 0 Å². The topological polar surface area (TPSA) is 43.4 Å². The highest BCUT2D eigenvalue weighted by molar-refractivity contribution is 5.35. The summed E-state index contributed by atoms with van der Waals surface area (Å²) in [6, 6.07) is 8.80. The second-order valence-corrected chi connectivity index (χ2v) is 4.58. The lowest BCUT2D eigenvalue weighted by atomic mass is 9.99. The molecule has 0 saturated heterocycles. The van der Waals surface area contributed by atoms with Crippen LogP contribution in [0.2, 0.25) is 0 Å². The minimum absolute atomic E-state index is 0.102. The summed E-state index contributed by atoms with van der Waals surface area (Å²) in [5, 5.41) is 3.18. The molecule has 0 saturated carbocycles. The van der Waals surface area contributed by atoms with Gasteiger partial charge in [-0.15, -0.1) is 0 Å². The maximum absolute atomic E-state index is 14.3. The van der Waals surface area contributed by atoms with Gasteiger partial charge in [0.1, 0.15) is 0 Å². The summed E-state index contributed by atoms with van der Waals surface area (Å²) < 4.78 is 24.6. The molecule has 0 bridgehead atoms. The number of pyridine rings is 1. The minimum atomic E-state index is -0.330. The molecule has 2 aromatic rings. The van der Waals surface area contributed by atoms with E-state index in [0.717, 1.165) is 5.56 Å². The van der Waals surface area contributed by atoms with Crippen molar-refractivity contribution < 1.29 is 13.9 Å². The second-order valence-electron chi connectivity index (χ2n) is 4.58. The standard InChI is InChI=1S/C16H19FN2O2/c1-18-13(12-7-5-9-19-16(12)21-3)10-11-6-4-8-14(20-2)15(11)17/h4-9,13,18H,10H2,1-3H3. The van der Waals surface area contributed by atoms with Crippen LogP contribution in [0.15, 0.2) is 36.5 Å². The Morgan fingerprint density at radius 1 is 1.19 bits per heavy atom. The molecule has 4 nitrogen and oxygen atoms in total. The van der Waals surface area contributed by atoms with Gasteiger partial charge in [0.15, 0.2) is 11.6 Å². The number of hydrogen-bond acceptors (Lipinski definition) is 4. The van der Waals surface area contributed by atoms with Crippen LogP contribution in [0.3, 0.4) is 0 Å². The fourth-order valence-corrected chi connectivity index (χ4v) is 2.30. The van der Waals surface area contributed by atoms with Crippen LogP contribution < -0.4 is 14.8 Å². The molecule has 0 aliphatic heterocycles. The largest absolute Gasteiger partial charge is 0.494 e. The Morgan fingerprint density at radius 3 is 2.67 bits per heavy atom. The first-order valence-corrected chi connectivity index (χ1v) is 6.68. The molecule has 5 heteroatoms. The Bertz CT molecular complexity index is 605. The van der Waals surface area contributed by atoms with E-state index in [-0.39, 0.29) is 17.6 Å². The molecule has 0 radical (unpaired) electrons. The molecule has 1 unspecified atom stereocenters. The number of benzene rings is 1. The van der Waals surface area contributed by atoms with Gasteiger partial charge >= 0.3 is 0 Å². The molecule has 112 valence electrons. The summed E-state index contributed by atoms with van der Waals surface area (Å²) >= 11 is 0.